The normalized spacial score (nSPS) is 15.2. The minimum atomic E-state index is -0.221. The van der Waals surface area contributed by atoms with Crippen molar-refractivity contribution in [2.75, 3.05) is 18.9 Å². The number of thioether (sulfide) groups is 1. The smallest absolute Gasteiger partial charge is 0.261 e. The fourth-order valence-corrected chi connectivity index (χ4v) is 4.04. The molecule has 1 fully saturated rings. The molecule has 1 aromatic heterocycles. The maximum Gasteiger partial charge on any atom is 0.261 e. The van der Waals surface area contributed by atoms with Gasteiger partial charge >= 0.3 is 0 Å². The summed E-state index contributed by atoms with van der Waals surface area (Å²) in [5.41, 5.74) is 1.15. The molecule has 0 unspecified atom stereocenters. The summed E-state index contributed by atoms with van der Waals surface area (Å²) in [4.78, 5) is 36.0. The van der Waals surface area contributed by atoms with E-state index in [4.69, 9.17) is 4.74 Å². The SMILES string of the molecule is CCOc1ccc(N=C2SCCN2C(=O)Cn2cnc3ccccc3c2=O)cc1. The van der Waals surface area contributed by atoms with E-state index < -0.39 is 0 Å². The van der Waals surface area contributed by atoms with Gasteiger partial charge in [-0.3, -0.25) is 19.1 Å². The fraction of sp³-hybridized carbons (Fsp3) is 0.238. The number of hydrogen-bond acceptors (Lipinski definition) is 6. The van der Waals surface area contributed by atoms with Crippen molar-refractivity contribution in [3.63, 3.8) is 0 Å². The van der Waals surface area contributed by atoms with Crippen LogP contribution in [-0.2, 0) is 11.3 Å². The Kier molecular flexibility index (Phi) is 5.62. The molecule has 0 spiro atoms. The molecule has 3 aromatic rings. The monoisotopic (exact) mass is 408 g/mol. The molecule has 0 saturated carbocycles. The van der Waals surface area contributed by atoms with Crippen LogP contribution >= 0.6 is 11.8 Å². The zero-order valence-electron chi connectivity index (χ0n) is 15.9. The standard InChI is InChI=1S/C21H20N4O3S/c1-2-28-16-9-7-15(8-10-16)23-21-25(11-12-29-21)19(26)13-24-14-22-18-6-4-3-5-17(18)20(24)27/h3-10,14H,2,11-13H2,1H3. The molecular weight excluding hydrogens is 388 g/mol. The average Bonchev–Trinajstić information content (AvgIpc) is 3.20. The number of amides is 1. The van der Waals surface area contributed by atoms with Crippen molar-refractivity contribution in [2.24, 2.45) is 4.99 Å². The second-order valence-electron chi connectivity index (χ2n) is 6.41. The molecule has 4 rings (SSSR count). The van der Waals surface area contributed by atoms with Crippen molar-refractivity contribution >= 4 is 39.4 Å². The van der Waals surface area contributed by atoms with Crippen LogP contribution in [0.5, 0.6) is 5.75 Å². The molecule has 1 saturated heterocycles. The Hall–Kier alpha value is -3.13. The van der Waals surface area contributed by atoms with Crippen molar-refractivity contribution in [1.82, 2.24) is 14.5 Å². The average molecular weight is 408 g/mol. The minimum Gasteiger partial charge on any atom is -0.494 e. The maximum absolute atomic E-state index is 12.9. The van der Waals surface area contributed by atoms with E-state index in [1.54, 1.807) is 23.1 Å². The van der Waals surface area contributed by atoms with Crippen molar-refractivity contribution in [1.29, 1.82) is 0 Å². The van der Waals surface area contributed by atoms with Gasteiger partial charge in [0.15, 0.2) is 5.17 Å². The highest BCUT2D eigenvalue weighted by Gasteiger charge is 2.26. The van der Waals surface area contributed by atoms with E-state index >= 15 is 0 Å². The molecule has 0 N–H and O–H groups in total. The van der Waals surface area contributed by atoms with E-state index in [1.807, 2.05) is 37.3 Å². The maximum atomic E-state index is 12.9. The number of carbonyl (C=O) groups excluding carboxylic acids is 1. The molecule has 0 bridgehead atoms. The first-order valence-corrected chi connectivity index (χ1v) is 10.3. The van der Waals surface area contributed by atoms with Crippen LogP contribution in [0.3, 0.4) is 0 Å². The second kappa shape index (κ2) is 8.48. The van der Waals surface area contributed by atoms with Crippen LogP contribution in [0, 0.1) is 0 Å². The molecule has 29 heavy (non-hydrogen) atoms. The first-order valence-electron chi connectivity index (χ1n) is 9.34. The highest BCUT2D eigenvalue weighted by atomic mass is 32.2. The van der Waals surface area contributed by atoms with E-state index in [9.17, 15) is 9.59 Å². The first kappa shape index (κ1) is 19.2. The summed E-state index contributed by atoms with van der Waals surface area (Å²) in [7, 11) is 0. The number of rotatable bonds is 5. The lowest BCUT2D eigenvalue weighted by Crippen LogP contribution is -2.37. The predicted octanol–water partition coefficient (Wildman–Crippen LogP) is 3.06. The van der Waals surface area contributed by atoms with Gasteiger partial charge in [-0.15, -0.1) is 0 Å². The number of para-hydroxylation sites is 1. The van der Waals surface area contributed by atoms with Crippen molar-refractivity contribution in [2.45, 2.75) is 13.5 Å². The third-order valence-corrected chi connectivity index (χ3v) is 5.44. The Labute approximate surface area is 172 Å². The van der Waals surface area contributed by atoms with Crippen molar-refractivity contribution in [3.8, 4) is 5.75 Å². The summed E-state index contributed by atoms with van der Waals surface area (Å²) in [5, 5.41) is 1.14. The summed E-state index contributed by atoms with van der Waals surface area (Å²) < 4.78 is 6.79. The quantitative estimate of drug-likeness (QED) is 0.649. The van der Waals surface area contributed by atoms with Crippen molar-refractivity contribution < 1.29 is 9.53 Å². The lowest BCUT2D eigenvalue weighted by atomic mass is 10.2. The van der Waals surface area contributed by atoms with Gasteiger partial charge in [-0.2, -0.15) is 0 Å². The van der Waals surface area contributed by atoms with Gasteiger partial charge in [-0.05, 0) is 43.3 Å². The number of hydrogen-bond donors (Lipinski definition) is 0. The number of benzene rings is 2. The van der Waals surface area contributed by atoms with Gasteiger partial charge in [0.05, 0.1) is 29.5 Å². The van der Waals surface area contributed by atoms with Crippen LogP contribution in [-0.4, -0.2) is 44.4 Å². The lowest BCUT2D eigenvalue weighted by molar-refractivity contribution is -0.127. The van der Waals surface area contributed by atoms with E-state index in [2.05, 4.69) is 9.98 Å². The summed E-state index contributed by atoms with van der Waals surface area (Å²) in [6.07, 6.45) is 1.43. The zero-order chi connectivity index (χ0) is 20.2. The predicted molar refractivity (Wildman–Crippen MR) is 115 cm³/mol. The number of fused-ring (bicyclic) bond motifs is 1. The fourth-order valence-electron chi connectivity index (χ4n) is 3.07. The van der Waals surface area contributed by atoms with E-state index in [1.165, 1.54) is 22.7 Å². The van der Waals surface area contributed by atoms with Crippen LogP contribution in [0.1, 0.15) is 6.92 Å². The Morgan fingerprint density at radius 3 is 2.79 bits per heavy atom. The summed E-state index contributed by atoms with van der Waals surface area (Å²) in [5.74, 6) is 1.37. The highest BCUT2D eigenvalue weighted by molar-refractivity contribution is 8.14. The molecule has 1 aliphatic heterocycles. The van der Waals surface area contributed by atoms with E-state index in [-0.39, 0.29) is 18.0 Å². The van der Waals surface area contributed by atoms with Gasteiger partial charge in [0.1, 0.15) is 12.3 Å². The molecule has 0 aliphatic carbocycles. The molecule has 0 atom stereocenters. The van der Waals surface area contributed by atoms with Gasteiger partial charge in [0.25, 0.3) is 5.56 Å². The number of carbonyl (C=O) groups is 1. The number of aromatic nitrogens is 2. The van der Waals surface area contributed by atoms with E-state index in [0.29, 0.717) is 29.2 Å². The minimum absolute atomic E-state index is 0.0699. The molecule has 0 radical (unpaired) electrons. The molecule has 148 valence electrons. The number of nitrogens with zero attached hydrogens (tertiary/aromatic N) is 4. The van der Waals surface area contributed by atoms with Gasteiger partial charge in [0, 0.05) is 12.3 Å². The Balaban J connectivity index is 1.53. The molecule has 7 nitrogen and oxygen atoms in total. The number of ether oxygens (including phenoxy) is 1. The zero-order valence-corrected chi connectivity index (χ0v) is 16.8. The van der Waals surface area contributed by atoms with Gasteiger partial charge in [-0.1, -0.05) is 23.9 Å². The van der Waals surface area contributed by atoms with Gasteiger partial charge in [0.2, 0.25) is 5.91 Å². The second-order valence-corrected chi connectivity index (χ2v) is 7.47. The van der Waals surface area contributed by atoms with Crippen molar-refractivity contribution in [3.05, 3.63) is 65.2 Å². The first-order chi connectivity index (χ1) is 14.2. The molecular formula is C21H20N4O3S. The molecule has 8 heteroatoms. The molecule has 2 aromatic carbocycles. The molecule has 1 aliphatic rings. The molecule has 1 amide bonds. The Morgan fingerprint density at radius 2 is 2.00 bits per heavy atom. The highest BCUT2D eigenvalue weighted by Crippen LogP contribution is 2.24. The van der Waals surface area contributed by atoms with E-state index in [0.717, 1.165) is 17.2 Å². The summed E-state index contributed by atoms with van der Waals surface area (Å²) in [6.45, 7) is 3.03. The van der Waals surface area contributed by atoms with Crippen LogP contribution in [0.25, 0.3) is 10.9 Å². The Bertz CT molecular complexity index is 1120. The third kappa shape index (κ3) is 4.17. The molecule has 2 heterocycles. The topological polar surface area (TPSA) is 76.8 Å². The Morgan fingerprint density at radius 1 is 1.21 bits per heavy atom. The lowest BCUT2D eigenvalue weighted by Gasteiger charge is -2.16. The third-order valence-electron chi connectivity index (χ3n) is 4.49. The van der Waals surface area contributed by atoms with Crippen LogP contribution in [0.15, 0.2) is 64.6 Å². The summed E-state index contributed by atoms with van der Waals surface area (Å²) >= 11 is 1.53. The summed E-state index contributed by atoms with van der Waals surface area (Å²) in [6, 6.07) is 14.5. The number of aliphatic imine (C=N–C) groups is 1. The van der Waals surface area contributed by atoms with Crippen LogP contribution < -0.4 is 10.3 Å². The van der Waals surface area contributed by atoms with Crippen LogP contribution in [0.2, 0.25) is 0 Å². The van der Waals surface area contributed by atoms with Gasteiger partial charge in [-0.25, -0.2) is 9.98 Å². The number of amidine groups is 1. The van der Waals surface area contributed by atoms with Crippen LogP contribution in [0.4, 0.5) is 5.69 Å². The van der Waals surface area contributed by atoms with Gasteiger partial charge < -0.3 is 4.74 Å². The largest absolute Gasteiger partial charge is 0.494 e.